The van der Waals surface area contributed by atoms with Crippen LogP contribution in [0.3, 0.4) is 0 Å². The zero-order valence-electron chi connectivity index (χ0n) is 15.3. The Balaban J connectivity index is 1.73. The molecule has 0 saturated heterocycles. The number of rotatable bonds is 10. The van der Waals surface area contributed by atoms with Crippen molar-refractivity contribution < 1.29 is 9.53 Å². The summed E-state index contributed by atoms with van der Waals surface area (Å²) in [6, 6.07) is 15.8. The van der Waals surface area contributed by atoms with E-state index in [0.29, 0.717) is 18.2 Å². The fourth-order valence-corrected chi connectivity index (χ4v) is 3.64. The standard InChI is InChI=1S/C21H26ClNO2S/c1-3-20(26-19-13-9-17(22)10-14-19)21(24)23-15-5-6-16-7-11-18(12-8-16)25-4-2/h7-14,20H,3-6,15H2,1-2H3,(H,23,24)/t20-/m1/s1. The Hall–Kier alpha value is -1.65. The van der Waals surface area contributed by atoms with Gasteiger partial charge in [0.05, 0.1) is 11.9 Å². The topological polar surface area (TPSA) is 38.3 Å². The third-order valence-corrected chi connectivity index (χ3v) is 5.56. The Kier molecular flexibility index (Phi) is 8.86. The lowest BCUT2D eigenvalue weighted by atomic mass is 10.1. The summed E-state index contributed by atoms with van der Waals surface area (Å²) in [5.41, 5.74) is 1.25. The van der Waals surface area contributed by atoms with Crippen LogP contribution in [0.2, 0.25) is 5.02 Å². The molecule has 5 heteroatoms. The van der Waals surface area contributed by atoms with Crippen LogP contribution in [0.1, 0.15) is 32.3 Å². The van der Waals surface area contributed by atoms with Crippen LogP contribution in [0.5, 0.6) is 5.75 Å². The lowest BCUT2D eigenvalue weighted by molar-refractivity contribution is -0.120. The second kappa shape index (κ2) is 11.1. The maximum Gasteiger partial charge on any atom is 0.233 e. The number of ether oxygens (including phenoxy) is 1. The zero-order chi connectivity index (χ0) is 18.8. The van der Waals surface area contributed by atoms with E-state index in [1.54, 1.807) is 11.8 Å². The molecule has 0 radical (unpaired) electrons. The van der Waals surface area contributed by atoms with Gasteiger partial charge in [-0.05, 0) is 68.1 Å². The number of aryl methyl sites for hydroxylation is 1. The Morgan fingerprint density at radius 1 is 1.12 bits per heavy atom. The first-order valence-electron chi connectivity index (χ1n) is 9.04. The first kappa shape index (κ1) is 20.7. The van der Waals surface area contributed by atoms with Crippen molar-refractivity contribution in [3.8, 4) is 5.75 Å². The summed E-state index contributed by atoms with van der Waals surface area (Å²) in [5.74, 6) is 0.994. The monoisotopic (exact) mass is 391 g/mol. The fraction of sp³-hybridized carbons (Fsp3) is 0.381. The third kappa shape index (κ3) is 6.93. The average molecular weight is 392 g/mol. The molecule has 2 aromatic carbocycles. The highest BCUT2D eigenvalue weighted by atomic mass is 35.5. The summed E-state index contributed by atoms with van der Waals surface area (Å²) in [5, 5.41) is 3.68. The van der Waals surface area contributed by atoms with Gasteiger partial charge in [-0.1, -0.05) is 30.7 Å². The number of hydrogen-bond acceptors (Lipinski definition) is 3. The molecule has 0 fully saturated rings. The van der Waals surface area contributed by atoms with E-state index in [2.05, 4.69) is 17.4 Å². The van der Waals surface area contributed by atoms with Gasteiger partial charge in [0.2, 0.25) is 5.91 Å². The largest absolute Gasteiger partial charge is 0.494 e. The Morgan fingerprint density at radius 2 is 1.81 bits per heavy atom. The molecule has 1 amide bonds. The molecule has 2 rings (SSSR count). The molecule has 0 saturated carbocycles. The summed E-state index contributed by atoms with van der Waals surface area (Å²) >= 11 is 7.49. The molecule has 1 N–H and O–H groups in total. The van der Waals surface area contributed by atoms with Gasteiger partial charge in [-0.15, -0.1) is 11.8 Å². The molecule has 0 aliphatic rings. The fourth-order valence-electron chi connectivity index (χ4n) is 2.54. The van der Waals surface area contributed by atoms with Crippen LogP contribution in [0.15, 0.2) is 53.4 Å². The van der Waals surface area contributed by atoms with Crippen molar-refractivity contribution in [3.63, 3.8) is 0 Å². The maximum atomic E-state index is 12.4. The van der Waals surface area contributed by atoms with Gasteiger partial charge in [-0.3, -0.25) is 4.79 Å². The number of carbonyl (C=O) groups is 1. The maximum absolute atomic E-state index is 12.4. The highest BCUT2D eigenvalue weighted by molar-refractivity contribution is 8.00. The van der Waals surface area contributed by atoms with Gasteiger partial charge < -0.3 is 10.1 Å². The molecule has 0 spiro atoms. The summed E-state index contributed by atoms with van der Waals surface area (Å²) in [7, 11) is 0. The second-order valence-electron chi connectivity index (χ2n) is 5.94. The number of halogens is 1. The van der Waals surface area contributed by atoms with Gasteiger partial charge in [-0.2, -0.15) is 0 Å². The molecule has 0 unspecified atom stereocenters. The Bertz CT molecular complexity index is 673. The summed E-state index contributed by atoms with van der Waals surface area (Å²) in [6.07, 6.45) is 2.65. The predicted octanol–water partition coefficient (Wildman–Crippen LogP) is 5.36. The van der Waals surface area contributed by atoms with Gasteiger partial charge in [0, 0.05) is 16.5 Å². The third-order valence-electron chi connectivity index (χ3n) is 3.93. The van der Waals surface area contributed by atoms with E-state index in [-0.39, 0.29) is 11.2 Å². The Labute approximate surface area is 165 Å². The van der Waals surface area contributed by atoms with Crippen molar-refractivity contribution in [2.75, 3.05) is 13.2 Å². The highest BCUT2D eigenvalue weighted by Crippen LogP contribution is 2.26. The van der Waals surface area contributed by atoms with Crippen molar-refractivity contribution in [2.24, 2.45) is 0 Å². The molecule has 0 aliphatic heterocycles. The minimum absolute atomic E-state index is 0.0818. The minimum Gasteiger partial charge on any atom is -0.494 e. The van der Waals surface area contributed by atoms with Gasteiger partial charge in [-0.25, -0.2) is 0 Å². The molecule has 3 nitrogen and oxygen atoms in total. The van der Waals surface area contributed by atoms with E-state index >= 15 is 0 Å². The van der Waals surface area contributed by atoms with E-state index in [1.807, 2.05) is 50.2 Å². The van der Waals surface area contributed by atoms with Gasteiger partial charge in [0.25, 0.3) is 0 Å². The zero-order valence-corrected chi connectivity index (χ0v) is 16.9. The molecule has 0 heterocycles. The van der Waals surface area contributed by atoms with Crippen LogP contribution in [0.25, 0.3) is 0 Å². The normalized spacial score (nSPS) is 11.8. The van der Waals surface area contributed by atoms with E-state index in [1.165, 1.54) is 5.56 Å². The lowest BCUT2D eigenvalue weighted by Gasteiger charge is -2.15. The number of benzene rings is 2. The van der Waals surface area contributed by atoms with E-state index in [9.17, 15) is 4.79 Å². The summed E-state index contributed by atoms with van der Waals surface area (Å²) in [4.78, 5) is 13.5. The summed E-state index contributed by atoms with van der Waals surface area (Å²) in [6.45, 7) is 5.38. The minimum atomic E-state index is -0.0818. The van der Waals surface area contributed by atoms with Crippen LogP contribution in [0, 0.1) is 0 Å². The van der Waals surface area contributed by atoms with E-state index in [4.69, 9.17) is 16.3 Å². The number of nitrogens with one attached hydrogen (secondary N) is 1. The van der Waals surface area contributed by atoms with E-state index in [0.717, 1.165) is 29.9 Å². The van der Waals surface area contributed by atoms with Gasteiger partial charge in [0.1, 0.15) is 5.75 Å². The quantitative estimate of drug-likeness (QED) is 0.437. The smallest absolute Gasteiger partial charge is 0.233 e. The van der Waals surface area contributed by atoms with Crippen LogP contribution in [0.4, 0.5) is 0 Å². The molecule has 140 valence electrons. The first-order valence-corrected chi connectivity index (χ1v) is 10.3. The van der Waals surface area contributed by atoms with Crippen molar-refractivity contribution in [2.45, 2.75) is 43.3 Å². The molecule has 0 aliphatic carbocycles. The van der Waals surface area contributed by atoms with E-state index < -0.39 is 0 Å². The molecular weight excluding hydrogens is 366 g/mol. The van der Waals surface area contributed by atoms with Crippen LogP contribution in [-0.2, 0) is 11.2 Å². The highest BCUT2D eigenvalue weighted by Gasteiger charge is 2.17. The number of thioether (sulfide) groups is 1. The van der Waals surface area contributed by atoms with Gasteiger partial charge >= 0.3 is 0 Å². The average Bonchev–Trinajstić information content (AvgIpc) is 2.66. The number of amides is 1. The predicted molar refractivity (Wildman–Crippen MR) is 110 cm³/mol. The lowest BCUT2D eigenvalue weighted by Crippen LogP contribution is -2.33. The van der Waals surface area contributed by atoms with Crippen molar-refractivity contribution in [3.05, 3.63) is 59.1 Å². The van der Waals surface area contributed by atoms with Crippen molar-refractivity contribution in [1.29, 1.82) is 0 Å². The molecule has 1 atom stereocenters. The van der Waals surface area contributed by atoms with Crippen LogP contribution >= 0.6 is 23.4 Å². The number of hydrogen-bond donors (Lipinski definition) is 1. The van der Waals surface area contributed by atoms with Crippen molar-refractivity contribution in [1.82, 2.24) is 5.32 Å². The molecular formula is C21H26ClNO2S. The molecule has 0 aromatic heterocycles. The van der Waals surface area contributed by atoms with Gasteiger partial charge in [0.15, 0.2) is 0 Å². The molecule has 0 bridgehead atoms. The first-order chi connectivity index (χ1) is 12.6. The molecule has 26 heavy (non-hydrogen) atoms. The summed E-state index contributed by atoms with van der Waals surface area (Å²) < 4.78 is 5.45. The van der Waals surface area contributed by atoms with Crippen molar-refractivity contribution >= 4 is 29.3 Å². The second-order valence-corrected chi connectivity index (χ2v) is 7.65. The Morgan fingerprint density at radius 3 is 2.42 bits per heavy atom. The molecule has 2 aromatic rings. The number of carbonyl (C=O) groups excluding carboxylic acids is 1. The van der Waals surface area contributed by atoms with Crippen LogP contribution < -0.4 is 10.1 Å². The van der Waals surface area contributed by atoms with Crippen LogP contribution in [-0.4, -0.2) is 24.3 Å². The SMILES string of the molecule is CCOc1ccc(CCCNC(=O)[C@@H](CC)Sc2ccc(Cl)cc2)cc1.